The van der Waals surface area contributed by atoms with Gasteiger partial charge in [0, 0.05) is 10.8 Å². The van der Waals surface area contributed by atoms with E-state index in [1.54, 1.807) is 11.3 Å². The van der Waals surface area contributed by atoms with Crippen molar-refractivity contribution in [2.75, 3.05) is 5.32 Å². The van der Waals surface area contributed by atoms with Crippen molar-refractivity contribution in [3.05, 3.63) is 16.0 Å². The highest BCUT2D eigenvalue weighted by molar-refractivity contribution is 7.16. The molecular weight excluding hydrogens is 280 g/mol. The molecule has 21 heavy (non-hydrogen) atoms. The standard InChI is InChI=1S/C17H20N2OS/c18-9-14-13-4-2-1-3-5-15(13)21-17(14)19-16(20)12-7-10-6-11(10)8-12/h10-12H,1-8H2,(H,19,20). The third-order valence-corrected chi connectivity index (χ3v) is 6.59. The van der Waals surface area contributed by atoms with Gasteiger partial charge in [-0.2, -0.15) is 5.26 Å². The molecule has 4 rings (SSSR count). The molecule has 1 N–H and O–H groups in total. The van der Waals surface area contributed by atoms with E-state index in [1.165, 1.54) is 29.7 Å². The number of nitriles is 1. The van der Waals surface area contributed by atoms with Crippen molar-refractivity contribution in [3.8, 4) is 6.07 Å². The average molecular weight is 300 g/mol. The Hall–Kier alpha value is -1.34. The van der Waals surface area contributed by atoms with Crippen molar-refractivity contribution in [3.63, 3.8) is 0 Å². The zero-order valence-corrected chi connectivity index (χ0v) is 13.0. The molecule has 2 atom stereocenters. The first-order valence-electron chi connectivity index (χ1n) is 8.11. The van der Waals surface area contributed by atoms with E-state index in [9.17, 15) is 10.1 Å². The van der Waals surface area contributed by atoms with Crippen molar-refractivity contribution >= 4 is 22.2 Å². The molecule has 1 heterocycles. The van der Waals surface area contributed by atoms with Crippen molar-refractivity contribution < 1.29 is 4.79 Å². The average Bonchev–Trinajstić information content (AvgIpc) is 3.05. The highest BCUT2D eigenvalue weighted by Crippen LogP contribution is 2.54. The molecule has 2 fully saturated rings. The molecule has 0 bridgehead atoms. The molecule has 3 nitrogen and oxygen atoms in total. The monoisotopic (exact) mass is 300 g/mol. The van der Waals surface area contributed by atoms with E-state index in [1.807, 2.05) is 0 Å². The van der Waals surface area contributed by atoms with E-state index in [0.29, 0.717) is 0 Å². The van der Waals surface area contributed by atoms with Crippen LogP contribution in [0, 0.1) is 29.1 Å². The third kappa shape index (κ3) is 2.38. The minimum absolute atomic E-state index is 0.148. The normalized spacial score (nSPS) is 30.0. The van der Waals surface area contributed by atoms with E-state index in [4.69, 9.17) is 0 Å². The van der Waals surface area contributed by atoms with Gasteiger partial charge in [-0.05, 0) is 62.3 Å². The zero-order chi connectivity index (χ0) is 14.4. The number of fused-ring (bicyclic) bond motifs is 2. The van der Waals surface area contributed by atoms with Crippen LogP contribution in [-0.4, -0.2) is 5.91 Å². The second-order valence-corrected chi connectivity index (χ2v) is 7.90. The summed E-state index contributed by atoms with van der Waals surface area (Å²) in [6.07, 6.45) is 9.14. The number of nitrogens with zero attached hydrogens (tertiary/aromatic N) is 1. The first kappa shape index (κ1) is 13.3. The molecule has 1 aromatic rings. The number of aryl methyl sites for hydroxylation is 1. The van der Waals surface area contributed by atoms with Crippen molar-refractivity contribution in [1.29, 1.82) is 5.26 Å². The SMILES string of the molecule is N#Cc1c(NC(=O)C2CC3CC3C2)sc2c1CCCCC2. The Morgan fingerprint density at radius 1 is 1.14 bits per heavy atom. The fraction of sp³-hybridized carbons (Fsp3) is 0.647. The molecule has 1 aromatic heterocycles. The Labute approximate surface area is 129 Å². The van der Waals surface area contributed by atoms with Crippen LogP contribution in [0.15, 0.2) is 0 Å². The summed E-state index contributed by atoms with van der Waals surface area (Å²) in [5.41, 5.74) is 1.96. The van der Waals surface area contributed by atoms with Crippen LogP contribution in [0.1, 0.15) is 54.5 Å². The van der Waals surface area contributed by atoms with E-state index in [-0.39, 0.29) is 11.8 Å². The van der Waals surface area contributed by atoms with E-state index >= 15 is 0 Å². The fourth-order valence-corrected chi connectivity index (χ4v) is 5.33. The van der Waals surface area contributed by atoms with Gasteiger partial charge in [0.05, 0.1) is 5.56 Å². The minimum atomic E-state index is 0.148. The summed E-state index contributed by atoms with van der Waals surface area (Å²) in [7, 11) is 0. The molecule has 0 aromatic carbocycles. The molecule has 0 saturated heterocycles. The molecule has 1 amide bonds. The van der Waals surface area contributed by atoms with Crippen molar-refractivity contribution in [1.82, 2.24) is 0 Å². The zero-order valence-electron chi connectivity index (χ0n) is 12.2. The van der Waals surface area contributed by atoms with Gasteiger partial charge in [-0.3, -0.25) is 4.79 Å². The summed E-state index contributed by atoms with van der Waals surface area (Å²) in [6, 6.07) is 2.34. The van der Waals surface area contributed by atoms with Gasteiger partial charge in [0.2, 0.25) is 5.91 Å². The lowest BCUT2D eigenvalue weighted by molar-refractivity contribution is -0.119. The highest BCUT2D eigenvalue weighted by atomic mass is 32.1. The summed E-state index contributed by atoms with van der Waals surface area (Å²) in [4.78, 5) is 13.7. The molecule has 2 saturated carbocycles. The van der Waals surface area contributed by atoms with Crippen LogP contribution >= 0.6 is 11.3 Å². The number of nitrogens with one attached hydrogen (secondary N) is 1. The van der Waals surface area contributed by atoms with Gasteiger partial charge < -0.3 is 5.32 Å². The van der Waals surface area contributed by atoms with Crippen LogP contribution in [0.4, 0.5) is 5.00 Å². The van der Waals surface area contributed by atoms with E-state index in [0.717, 1.165) is 54.5 Å². The van der Waals surface area contributed by atoms with Gasteiger partial charge in [-0.15, -0.1) is 11.3 Å². The number of rotatable bonds is 2. The largest absolute Gasteiger partial charge is 0.316 e. The maximum Gasteiger partial charge on any atom is 0.228 e. The summed E-state index contributed by atoms with van der Waals surface area (Å²) in [5.74, 6) is 1.96. The van der Waals surface area contributed by atoms with E-state index < -0.39 is 0 Å². The van der Waals surface area contributed by atoms with Crippen LogP contribution in [0.3, 0.4) is 0 Å². The first-order chi connectivity index (χ1) is 10.3. The first-order valence-corrected chi connectivity index (χ1v) is 8.93. The molecule has 4 heteroatoms. The Kier molecular flexibility index (Phi) is 3.26. The lowest BCUT2D eigenvalue weighted by atomic mass is 10.0. The van der Waals surface area contributed by atoms with Gasteiger partial charge >= 0.3 is 0 Å². The Balaban J connectivity index is 1.54. The third-order valence-electron chi connectivity index (χ3n) is 5.38. The smallest absolute Gasteiger partial charge is 0.228 e. The molecular formula is C17H20N2OS. The van der Waals surface area contributed by atoms with Crippen LogP contribution in [0.25, 0.3) is 0 Å². The lowest BCUT2D eigenvalue weighted by Gasteiger charge is -2.11. The lowest BCUT2D eigenvalue weighted by Crippen LogP contribution is -2.21. The Morgan fingerprint density at radius 3 is 2.67 bits per heavy atom. The van der Waals surface area contributed by atoms with Gasteiger partial charge in [0.1, 0.15) is 11.1 Å². The van der Waals surface area contributed by atoms with Crippen molar-refractivity contribution in [2.24, 2.45) is 17.8 Å². The molecule has 110 valence electrons. The molecule has 0 aliphatic heterocycles. The molecule has 2 unspecified atom stereocenters. The molecule has 3 aliphatic rings. The number of carbonyl (C=O) groups is 1. The van der Waals surface area contributed by atoms with Gasteiger partial charge in [0.15, 0.2) is 0 Å². The number of hydrogen-bond acceptors (Lipinski definition) is 3. The topological polar surface area (TPSA) is 52.9 Å². The Morgan fingerprint density at radius 2 is 1.90 bits per heavy atom. The van der Waals surface area contributed by atoms with E-state index in [2.05, 4.69) is 11.4 Å². The number of carbonyl (C=O) groups excluding carboxylic acids is 1. The second kappa shape index (κ2) is 5.14. The fourth-order valence-electron chi connectivity index (χ4n) is 4.09. The Bertz CT molecular complexity index is 617. The predicted octanol–water partition coefficient (Wildman–Crippen LogP) is 3.87. The minimum Gasteiger partial charge on any atom is -0.316 e. The second-order valence-electron chi connectivity index (χ2n) is 6.79. The number of anilines is 1. The van der Waals surface area contributed by atoms with Gasteiger partial charge in [-0.1, -0.05) is 6.42 Å². The van der Waals surface area contributed by atoms with Crippen LogP contribution in [0.5, 0.6) is 0 Å². The number of thiophene rings is 1. The van der Waals surface area contributed by atoms with Gasteiger partial charge in [-0.25, -0.2) is 0 Å². The van der Waals surface area contributed by atoms with Crippen LogP contribution in [0.2, 0.25) is 0 Å². The van der Waals surface area contributed by atoms with Gasteiger partial charge in [0.25, 0.3) is 0 Å². The molecule has 0 radical (unpaired) electrons. The summed E-state index contributed by atoms with van der Waals surface area (Å²) >= 11 is 1.64. The number of amides is 1. The summed E-state index contributed by atoms with van der Waals surface area (Å²) in [6.45, 7) is 0. The van der Waals surface area contributed by atoms with Crippen LogP contribution < -0.4 is 5.32 Å². The highest BCUT2D eigenvalue weighted by Gasteiger charge is 2.48. The quantitative estimate of drug-likeness (QED) is 0.843. The maximum absolute atomic E-state index is 12.4. The summed E-state index contributed by atoms with van der Waals surface area (Å²) in [5, 5.41) is 13.4. The molecule has 3 aliphatic carbocycles. The maximum atomic E-state index is 12.4. The summed E-state index contributed by atoms with van der Waals surface area (Å²) < 4.78 is 0. The predicted molar refractivity (Wildman–Crippen MR) is 83.2 cm³/mol. The van der Waals surface area contributed by atoms with Crippen molar-refractivity contribution in [2.45, 2.75) is 51.4 Å². The number of hydrogen-bond donors (Lipinski definition) is 1. The van der Waals surface area contributed by atoms with Crippen LogP contribution in [-0.2, 0) is 17.6 Å². The molecule has 0 spiro atoms.